The zero-order valence-corrected chi connectivity index (χ0v) is 42.0. The van der Waals surface area contributed by atoms with Crippen molar-refractivity contribution in [3.05, 3.63) is 24.3 Å². The number of ether oxygens (including phenoxy) is 9. The lowest BCUT2D eigenvalue weighted by molar-refractivity contribution is -0.345. The van der Waals surface area contributed by atoms with Crippen LogP contribution in [0.5, 0.6) is 0 Å². The molecule has 3 N–H and O–H groups in total. The molecule has 16 nitrogen and oxygen atoms in total. The maximum atomic E-state index is 13.3. The predicted octanol–water partition coefficient (Wildman–Crippen LogP) is 5.26. The van der Waals surface area contributed by atoms with Gasteiger partial charge in [-0.05, 0) is 78.2 Å². The molecular weight excluding hydrogens is 835 g/mol. The van der Waals surface area contributed by atoms with Crippen molar-refractivity contribution < 1.29 is 72.0 Å². The fourth-order valence-corrected chi connectivity index (χ4v) is 9.90. The lowest BCUT2D eigenvalue weighted by Gasteiger charge is -2.50. The summed E-state index contributed by atoms with van der Waals surface area (Å²) in [5.74, 6) is -1.67. The second kappa shape index (κ2) is 24.3. The fraction of sp³-hybridized carbons (Fsp3) is 0.870. The van der Waals surface area contributed by atoms with Crippen LogP contribution in [-0.2, 0) is 56.6 Å². The third kappa shape index (κ3) is 15.3. The van der Waals surface area contributed by atoms with Gasteiger partial charge >= 0.3 is 11.9 Å². The van der Waals surface area contributed by atoms with E-state index in [1.54, 1.807) is 62.9 Å². The first-order chi connectivity index (χ1) is 29.3. The van der Waals surface area contributed by atoms with Crippen molar-refractivity contribution >= 4 is 20.3 Å². The first kappa shape index (κ1) is 55.5. The van der Waals surface area contributed by atoms with Crippen LogP contribution in [0.1, 0.15) is 101 Å². The normalized spacial score (nSPS) is 39.2. The van der Waals surface area contributed by atoms with E-state index in [2.05, 4.69) is 46.9 Å². The summed E-state index contributed by atoms with van der Waals surface area (Å²) < 4.78 is 62.1. The monoisotopic (exact) mass is 918 g/mol. The van der Waals surface area contributed by atoms with Gasteiger partial charge < -0.3 is 67.3 Å². The number of methoxy groups -OCH3 is 3. The van der Waals surface area contributed by atoms with Gasteiger partial charge in [0.05, 0.1) is 43.0 Å². The van der Waals surface area contributed by atoms with Crippen molar-refractivity contribution in [2.45, 2.75) is 211 Å². The van der Waals surface area contributed by atoms with Gasteiger partial charge in [-0.1, -0.05) is 58.9 Å². The van der Waals surface area contributed by atoms with Crippen LogP contribution < -0.4 is 0 Å². The molecule has 0 bridgehead atoms. The van der Waals surface area contributed by atoms with E-state index in [1.807, 2.05) is 23.1 Å². The van der Waals surface area contributed by atoms with E-state index in [0.29, 0.717) is 12.8 Å². The summed E-state index contributed by atoms with van der Waals surface area (Å²) in [4.78, 5) is 27.3. The van der Waals surface area contributed by atoms with E-state index in [0.717, 1.165) is 0 Å². The van der Waals surface area contributed by atoms with Crippen molar-refractivity contribution in [2.75, 3.05) is 35.4 Å². The van der Waals surface area contributed by atoms with Gasteiger partial charge in [0, 0.05) is 47.0 Å². The van der Waals surface area contributed by atoms with Gasteiger partial charge in [-0.2, -0.15) is 0 Å². The molecule has 0 aromatic carbocycles. The van der Waals surface area contributed by atoms with Gasteiger partial charge in [0.25, 0.3) is 0 Å². The highest BCUT2D eigenvalue weighted by atomic mass is 28.4. The predicted molar refractivity (Wildman–Crippen MR) is 239 cm³/mol. The van der Waals surface area contributed by atoms with Crippen LogP contribution in [0.2, 0.25) is 18.1 Å². The lowest BCUT2D eigenvalue weighted by Crippen LogP contribution is -2.66. The lowest BCUT2D eigenvalue weighted by atomic mass is 9.82. The summed E-state index contributed by atoms with van der Waals surface area (Å²) in [6.07, 6.45) is -2.74. The molecule has 2 fully saturated rings. The molecule has 0 aromatic heterocycles. The summed E-state index contributed by atoms with van der Waals surface area (Å²) in [6, 6.07) is -0.726. The summed E-state index contributed by atoms with van der Waals surface area (Å²) in [5.41, 5.74) is -1.47. The number of likely N-dealkylation sites (N-methyl/N-ethyl adjacent to an activating group) is 1. The number of esters is 2. The van der Waals surface area contributed by atoms with E-state index < -0.39 is 112 Å². The Bertz CT molecular complexity index is 1470. The number of rotatable bonds is 14. The second-order valence-corrected chi connectivity index (χ2v) is 24.5. The Morgan fingerprint density at radius 2 is 1.63 bits per heavy atom. The van der Waals surface area contributed by atoms with Crippen LogP contribution >= 0.6 is 0 Å². The number of aliphatic hydroxyl groups excluding tert-OH is 2. The first-order valence-corrected chi connectivity index (χ1v) is 25.6. The minimum atomic E-state index is -2.30. The maximum absolute atomic E-state index is 13.3. The van der Waals surface area contributed by atoms with E-state index in [1.165, 1.54) is 7.11 Å². The molecule has 0 aliphatic carbocycles. The molecule has 0 saturated carbocycles. The van der Waals surface area contributed by atoms with Gasteiger partial charge in [0.1, 0.15) is 30.0 Å². The molecule has 3 aliphatic heterocycles. The van der Waals surface area contributed by atoms with Gasteiger partial charge in [0.2, 0.25) is 0 Å². The van der Waals surface area contributed by atoms with E-state index in [4.69, 9.17) is 47.1 Å². The minimum Gasteiger partial charge on any atom is -0.462 e. The summed E-state index contributed by atoms with van der Waals surface area (Å²) in [5, 5.41) is 35.5. The highest BCUT2D eigenvalue weighted by Gasteiger charge is 2.53. The Morgan fingerprint density at radius 3 is 2.19 bits per heavy atom. The molecule has 16 atom stereocenters. The molecule has 3 rings (SSSR count). The number of carbonyl (C=O) groups is 2. The molecular formula is C46H83NO15Si. The quantitative estimate of drug-likeness (QED) is 0.116. The summed E-state index contributed by atoms with van der Waals surface area (Å²) in [7, 11) is 5.85. The van der Waals surface area contributed by atoms with Crippen molar-refractivity contribution in [2.24, 2.45) is 11.8 Å². The number of carbonyl (C=O) groups excluding carboxylic acids is 2. The molecule has 17 heteroatoms. The molecule has 0 aromatic rings. The first-order valence-electron chi connectivity index (χ1n) is 22.7. The van der Waals surface area contributed by atoms with Crippen LogP contribution in [0.25, 0.3) is 0 Å². The zero-order chi connectivity index (χ0) is 47.6. The summed E-state index contributed by atoms with van der Waals surface area (Å²) >= 11 is 0. The number of cyclic esters (lactones) is 1. The third-order valence-electron chi connectivity index (χ3n) is 13.2. The number of hydrogen-bond donors (Lipinski definition) is 3. The SMILES string of the molecule is CCC(=O)O[C@H]1[C@H](C)O[C@@H](O[C@H]2[C@H](N(C)C)[C@@H](O)[C@H](O[C@H]3[C@@H](CC(OC)OC)C[C@@H](C)[C@@H](O[Si](C)(C)C(C)(C)C)/C=C/C=C/C[C@@H](C)OC(=O)C[C@H](O)[C@@H]3OC)O[C@@H]2C)C[C@@]1(C)O. The van der Waals surface area contributed by atoms with Crippen LogP contribution in [0.3, 0.4) is 0 Å². The van der Waals surface area contributed by atoms with Crippen LogP contribution in [-0.4, -0.2) is 167 Å². The van der Waals surface area contributed by atoms with Crippen molar-refractivity contribution in [3.63, 3.8) is 0 Å². The molecule has 3 aliphatic rings. The molecule has 366 valence electrons. The molecule has 0 radical (unpaired) electrons. The van der Waals surface area contributed by atoms with E-state index >= 15 is 0 Å². The highest BCUT2D eigenvalue weighted by molar-refractivity contribution is 6.74. The average molecular weight is 918 g/mol. The number of hydrogen-bond acceptors (Lipinski definition) is 16. The Labute approximate surface area is 378 Å². The zero-order valence-electron chi connectivity index (χ0n) is 41.0. The molecule has 0 unspecified atom stereocenters. The number of aliphatic hydroxyl groups is 3. The van der Waals surface area contributed by atoms with Crippen molar-refractivity contribution in [1.82, 2.24) is 4.90 Å². The second-order valence-electron chi connectivity index (χ2n) is 19.7. The largest absolute Gasteiger partial charge is 0.462 e. The highest BCUT2D eigenvalue weighted by Crippen LogP contribution is 2.41. The van der Waals surface area contributed by atoms with Gasteiger partial charge in [-0.25, -0.2) is 0 Å². The molecule has 63 heavy (non-hydrogen) atoms. The van der Waals surface area contributed by atoms with Gasteiger partial charge in [-0.15, -0.1) is 0 Å². The van der Waals surface area contributed by atoms with Crippen molar-refractivity contribution in [1.29, 1.82) is 0 Å². The molecule has 0 spiro atoms. The van der Waals surface area contributed by atoms with E-state index in [-0.39, 0.29) is 42.7 Å². The third-order valence-corrected chi connectivity index (χ3v) is 17.6. The van der Waals surface area contributed by atoms with Crippen LogP contribution in [0.4, 0.5) is 0 Å². The minimum absolute atomic E-state index is 0.0132. The van der Waals surface area contributed by atoms with Crippen molar-refractivity contribution in [3.8, 4) is 0 Å². The molecule has 2 saturated heterocycles. The summed E-state index contributed by atoms with van der Waals surface area (Å²) in [6.45, 7) is 21.7. The van der Waals surface area contributed by atoms with Crippen LogP contribution in [0.15, 0.2) is 24.3 Å². The van der Waals surface area contributed by atoms with Gasteiger partial charge in [-0.3, -0.25) is 9.59 Å². The van der Waals surface area contributed by atoms with Crippen LogP contribution in [0, 0.1) is 11.8 Å². The molecule has 0 amide bonds. The standard InChI is InChI=1S/C46H83NO15Si/c1-17-34(49)59-43-30(5)57-37(26-46(43,9)52)60-40-29(4)58-44(39(51)38(40)47(10)11)61-41-31(24-36(53-12)54-13)23-27(2)33(62-63(15,16)45(6,7)8)22-20-18-19-21-28(3)56-35(50)25-32(48)42(41)55-14/h18-20,22,27-33,36-44,48,51-52H,17,21,23-26H2,1-16H3/b19-18+,22-20+/t27-,28-,29-,30+,31-,32+,33+,37+,38-,39-,40-,41+,42+,43+,44+,46-/m1/s1. The molecule has 3 heterocycles. The maximum Gasteiger partial charge on any atom is 0.308 e. The van der Waals surface area contributed by atoms with E-state index in [9.17, 15) is 24.9 Å². The Kier molecular flexibility index (Phi) is 21.4. The Balaban J connectivity index is 2.09. The Morgan fingerprint density at radius 1 is 0.984 bits per heavy atom. The average Bonchev–Trinajstić information content (AvgIpc) is 3.17. The fourth-order valence-electron chi connectivity index (χ4n) is 8.55. The number of nitrogens with zero attached hydrogens (tertiary/aromatic N) is 1. The number of allylic oxidation sites excluding steroid dienone is 2. The topological polar surface area (TPSA) is 190 Å². The van der Waals surface area contributed by atoms with Gasteiger partial charge in [0.15, 0.2) is 33.3 Å². The Hall–Kier alpha value is -1.84. The smallest absolute Gasteiger partial charge is 0.308 e.